The van der Waals surface area contributed by atoms with Crippen LogP contribution in [0.15, 0.2) is 64.6 Å². The number of allylic oxidation sites excluding steroid dienone is 4. The minimum absolute atomic E-state index is 0.0204. The number of hydrogen-bond donors (Lipinski definition) is 4. The number of phenolic OH excluding ortho intramolecular Hbond substituents is 1. The number of hydrogen-bond acceptors (Lipinski definition) is 17. The molecule has 2 saturated heterocycles. The number of phenols is 1. The molecule has 2 amide bonds. The number of nitrogens with zero attached hydrogens (tertiary/aromatic N) is 4. The second kappa shape index (κ2) is 22.5. The highest BCUT2D eigenvalue weighted by atomic mass is 19.1. The van der Waals surface area contributed by atoms with Crippen LogP contribution in [-0.4, -0.2) is 148 Å². The molecule has 5 aliphatic heterocycles. The molecule has 4 N–H and O–H groups in total. The number of halogens is 1. The molecule has 81 heavy (non-hydrogen) atoms. The summed E-state index contributed by atoms with van der Waals surface area (Å²) in [5, 5.41) is 37.6. The summed E-state index contributed by atoms with van der Waals surface area (Å²) in [4.78, 5) is 104. The molecule has 1 saturated carbocycles. The van der Waals surface area contributed by atoms with E-state index in [1.165, 1.54) is 73.4 Å². The van der Waals surface area contributed by atoms with Crippen LogP contribution in [0.4, 0.5) is 14.9 Å². The number of aliphatic hydroxyl groups excluding tert-OH is 2. The number of fused-ring (bicyclic) bond motifs is 15. The van der Waals surface area contributed by atoms with Crippen molar-refractivity contribution in [1.29, 1.82) is 0 Å². The fourth-order valence-electron chi connectivity index (χ4n) is 12.2. The maximum Gasteiger partial charge on any atom is 0.410 e. The van der Waals surface area contributed by atoms with E-state index in [4.69, 9.17) is 23.7 Å². The van der Waals surface area contributed by atoms with Crippen molar-refractivity contribution >= 4 is 46.5 Å². The highest BCUT2D eigenvalue weighted by Gasteiger charge is 2.53. The predicted octanol–water partition coefficient (Wildman–Crippen LogP) is 6.24. The van der Waals surface area contributed by atoms with Crippen LogP contribution in [0.5, 0.6) is 11.5 Å². The van der Waals surface area contributed by atoms with E-state index >= 15 is 9.18 Å². The zero-order valence-corrected chi connectivity index (χ0v) is 47.6. The first-order valence-electron chi connectivity index (χ1n) is 27.6. The number of ether oxygens (including phenoxy) is 5. The molecule has 0 spiro atoms. The van der Waals surface area contributed by atoms with E-state index < -0.39 is 124 Å². The van der Waals surface area contributed by atoms with Gasteiger partial charge in [0, 0.05) is 100 Å². The normalized spacial score (nSPS) is 30.0. The molecule has 10 rings (SSSR count). The van der Waals surface area contributed by atoms with Gasteiger partial charge in [-0.25, -0.2) is 9.18 Å². The molecule has 1 aromatic carbocycles. The van der Waals surface area contributed by atoms with Gasteiger partial charge in [-0.3, -0.25) is 33.2 Å². The number of amides is 2. The fourth-order valence-corrected chi connectivity index (χ4v) is 12.2. The largest absolute Gasteiger partial charge is 0.507 e. The highest BCUT2D eigenvalue weighted by molar-refractivity contribution is 6.32. The molecule has 21 heteroatoms. The van der Waals surface area contributed by atoms with Gasteiger partial charge in [-0.2, -0.15) is 0 Å². The number of nitrogens with one attached hydrogen (secondary N) is 1. The van der Waals surface area contributed by atoms with Crippen LogP contribution in [0.2, 0.25) is 0 Å². The van der Waals surface area contributed by atoms with Gasteiger partial charge in [-0.05, 0) is 69.7 Å². The molecule has 2 aromatic heterocycles. The Balaban J connectivity index is 1.01. The second-order valence-electron chi connectivity index (χ2n) is 22.8. The first-order chi connectivity index (χ1) is 38.3. The Kier molecular flexibility index (Phi) is 16.2. The van der Waals surface area contributed by atoms with E-state index in [-0.39, 0.29) is 66.4 Å². The number of methoxy groups -OCH3 is 1. The van der Waals surface area contributed by atoms with Gasteiger partial charge in [-0.1, -0.05) is 45.9 Å². The number of anilines is 1. The van der Waals surface area contributed by atoms with Crippen molar-refractivity contribution in [1.82, 2.24) is 19.5 Å². The lowest BCUT2D eigenvalue weighted by Gasteiger charge is -2.38. The molecular formula is C60H72FN5O15. The standard InChI is InChI=1S/C60H72FN5O15/c1-28-13-12-14-29(2)57(74)62-45-48(63-20-22-64(23-21-63)59(76)80-38-17-19-65(26-38)47-32(5)46-39(37-15-16-37)25-30(3)58(75)66(46)27-40(47)61)53(72)42-43(52(45)71)51(70)35(8)55-44(42)56(73)60(10,81-55)78-24-18-41(77-11)31(4)54(79-36(9)67)34(7)50(69)33(6)49(28)68/h12-14,18,24-25,27-28,31,33-34,37-38,41,49-50,54,68-70H,15-17,19-23,26H2,1-11H3,(H,62,74)/b13-12+,24-18+,29-14-/t28-,31+,33+,34+,38-,41-,49-,50+,54+,60-/m0/s1. The number of aryl methyl sites for hydroxylation is 2. The van der Waals surface area contributed by atoms with E-state index in [0.717, 1.165) is 24.7 Å². The van der Waals surface area contributed by atoms with Crippen molar-refractivity contribution in [2.75, 3.05) is 51.3 Å². The van der Waals surface area contributed by atoms with E-state index in [0.29, 0.717) is 41.2 Å². The summed E-state index contributed by atoms with van der Waals surface area (Å²) in [7, 11) is 1.41. The Morgan fingerprint density at radius 1 is 0.827 bits per heavy atom. The molecule has 7 heterocycles. The number of carbonyl (C=O) groups excluding carboxylic acids is 6. The number of benzene rings is 1. The minimum atomic E-state index is -2.18. The Morgan fingerprint density at radius 2 is 1.52 bits per heavy atom. The number of Topliss-reactive ketones (excluding diaryl/α,β-unsaturated/α-hetero) is 3. The minimum Gasteiger partial charge on any atom is -0.507 e. The highest BCUT2D eigenvalue weighted by Crippen LogP contribution is 2.49. The summed E-state index contributed by atoms with van der Waals surface area (Å²) in [6, 6.07) is 1.91. The van der Waals surface area contributed by atoms with Gasteiger partial charge < -0.3 is 59.0 Å². The van der Waals surface area contributed by atoms with Gasteiger partial charge in [0.2, 0.25) is 11.6 Å². The number of carbonyl (C=O) groups is 6. The third kappa shape index (κ3) is 10.6. The zero-order chi connectivity index (χ0) is 58.8. The summed E-state index contributed by atoms with van der Waals surface area (Å²) in [6.45, 7) is 16.1. The molecule has 7 aliphatic rings. The lowest BCUT2D eigenvalue weighted by Crippen LogP contribution is -2.51. The molecule has 3 fully saturated rings. The second-order valence-corrected chi connectivity index (χ2v) is 22.8. The molecule has 0 unspecified atom stereocenters. The predicted molar refractivity (Wildman–Crippen MR) is 293 cm³/mol. The number of esters is 1. The number of pyridine rings is 2. The third-order valence-electron chi connectivity index (χ3n) is 17.2. The summed E-state index contributed by atoms with van der Waals surface area (Å²) < 4.78 is 47.2. The number of aromatic hydroxyl groups is 1. The number of aliphatic hydroxyl groups is 2. The van der Waals surface area contributed by atoms with Crippen molar-refractivity contribution < 1.29 is 72.2 Å². The monoisotopic (exact) mass is 1120 g/mol. The van der Waals surface area contributed by atoms with E-state index in [2.05, 4.69) is 5.32 Å². The molecule has 434 valence electrons. The Labute approximate surface area is 468 Å². The summed E-state index contributed by atoms with van der Waals surface area (Å²) in [5.74, 6) is -10.3. The lowest BCUT2D eigenvalue weighted by atomic mass is 9.78. The average molecular weight is 1120 g/mol. The summed E-state index contributed by atoms with van der Waals surface area (Å²) in [5.41, 5.74) is 0.800. The topological polar surface area (TPSA) is 252 Å². The number of rotatable bonds is 6. The smallest absolute Gasteiger partial charge is 0.410 e. The maximum absolute atomic E-state index is 16.0. The molecule has 20 nitrogen and oxygen atoms in total. The van der Waals surface area contributed by atoms with Crippen molar-refractivity contribution in [3.05, 3.63) is 115 Å². The summed E-state index contributed by atoms with van der Waals surface area (Å²) in [6.07, 6.45) is 5.40. The third-order valence-corrected chi connectivity index (χ3v) is 17.2. The Bertz CT molecular complexity index is 3320. The number of aromatic nitrogens is 1. The van der Waals surface area contributed by atoms with Gasteiger partial charge in [0.05, 0.1) is 65.2 Å². The van der Waals surface area contributed by atoms with Crippen molar-refractivity contribution in [3.8, 4) is 11.5 Å². The molecule has 2 aliphatic carbocycles. The summed E-state index contributed by atoms with van der Waals surface area (Å²) >= 11 is 0. The van der Waals surface area contributed by atoms with Crippen LogP contribution in [0.3, 0.4) is 0 Å². The van der Waals surface area contributed by atoms with Crippen LogP contribution in [-0.2, 0) is 28.5 Å². The van der Waals surface area contributed by atoms with Gasteiger partial charge in [0.1, 0.15) is 35.1 Å². The zero-order valence-electron chi connectivity index (χ0n) is 47.6. The number of ketones is 3. The van der Waals surface area contributed by atoms with Gasteiger partial charge in [-0.15, -0.1) is 0 Å². The van der Waals surface area contributed by atoms with E-state index in [1.54, 1.807) is 40.7 Å². The molecule has 3 aromatic rings. The quantitative estimate of drug-likeness (QED) is 0.199. The van der Waals surface area contributed by atoms with Crippen LogP contribution >= 0.6 is 0 Å². The van der Waals surface area contributed by atoms with Crippen LogP contribution in [0.1, 0.15) is 127 Å². The average Bonchev–Trinajstić information content (AvgIpc) is 2.53. The molecule has 5 bridgehead atoms. The lowest BCUT2D eigenvalue weighted by molar-refractivity contribution is -0.160. The van der Waals surface area contributed by atoms with Crippen molar-refractivity contribution in [2.45, 2.75) is 131 Å². The maximum atomic E-state index is 16.0. The van der Waals surface area contributed by atoms with Gasteiger partial charge >= 0.3 is 17.8 Å². The first-order valence-corrected chi connectivity index (χ1v) is 27.6. The molecule has 0 radical (unpaired) electrons. The van der Waals surface area contributed by atoms with Crippen LogP contribution < -0.4 is 20.5 Å². The van der Waals surface area contributed by atoms with Crippen LogP contribution in [0, 0.1) is 50.3 Å². The van der Waals surface area contributed by atoms with Crippen LogP contribution in [0.25, 0.3) is 5.52 Å². The van der Waals surface area contributed by atoms with Gasteiger partial charge in [0.25, 0.3) is 17.2 Å². The SMILES string of the molecule is CO[C@H]1/C=C/O[C@@]2(C)Oc3c(C)c(O)c4c(c3C2=O)C(=O)C(N2CCN(C(=O)O[C@H]3CCN(c5c(F)cn6c(=O)c(C)cc(C7CC7)c6c5C)C3)CC2)=C(NC(=O)/C(C)=C\C=C\[C@H](C)[C@H](O)[C@@H](C)[C@@H](O)[C@@H](C)[C@H](OC(C)=O)[C@@H]1C)C4=O. The molecular weight excluding hydrogens is 1050 g/mol. The Morgan fingerprint density at radius 3 is 2.17 bits per heavy atom. The fraction of sp³-hybridized carbons (Fsp3) is 0.517. The Hall–Kier alpha value is -7.36. The van der Waals surface area contributed by atoms with Crippen molar-refractivity contribution in [3.63, 3.8) is 0 Å². The van der Waals surface area contributed by atoms with Gasteiger partial charge in [0.15, 0.2) is 5.82 Å². The first kappa shape index (κ1) is 58.3. The van der Waals surface area contributed by atoms with Crippen molar-refractivity contribution in [2.24, 2.45) is 23.7 Å². The molecule has 10 atom stereocenters. The number of piperazine rings is 1. The van der Waals surface area contributed by atoms with E-state index in [9.17, 15) is 44.1 Å². The van der Waals surface area contributed by atoms with E-state index in [1.807, 2.05) is 17.9 Å².